The van der Waals surface area contributed by atoms with Crippen molar-refractivity contribution in [2.24, 2.45) is 0 Å². The summed E-state index contributed by atoms with van der Waals surface area (Å²) < 4.78 is 7.38. The Labute approximate surface area is 295 Å². The predicted octanol–water partition coefficient (Wildman–Crippen LogP) is 12.8. The highest BCUT2D eigenvalue weighted by Crippen LogP contribution is 2.41. The molecule has 11 rings (SSSR count). The van der Waals surface area contributed by atoms with Gasteiger partial charge < -0.3 is 13.7 Å². The molecule has 0 bridgehead atoms. The quantitative estimate of drug-likeness (QED) is 0.180. The van der Waals surface area contributed by atoms with Crippen LogP contribution in [0.3, 0.4) is 0 Å². The molecule has 0 saturated carbocycles. The Bertz CT molecular complexity index is 3050. The minimum Gasteiger partial charge on any atom is -0.313 e. The number of nitrogens with zero attached hydrogens (tertiary/aromatic N) is 3. The average molecular weight is 652 g/mol. The van der Waals surface area contributed by atoms with E-state index in [1.807, 2.05) is 0 Å². The minimum absolute atomic E-state index is 1.03. The molecule has 10 aromatic rings. The summed E-state index contributed by atoms with van der Waals surface area (Å²) in [5, 5.41) is 7.64. The fourth-order valence-electron chi connectivity index (χ4n) is 8.61. The number of aromatic nitrogens is 3. The van der Waals surface area contributed by atoms with Crippen LogP contribution in [0.2, 0.25) is 0 Å². The van der Waals surface area contributed by atoms with Crippen LogP contribution in [-0.4, -0.2) is 13.7 Å². The van der Waals surface area contributed by atoms with E-state index in [0.29, 0.717) is 0 Å². The summed E-state index contributed by atoms with van der Waals surface area (Å²) in [6.07, 6.45) is 8.85. The molecule has 7 aromatic carbocycles. The van der Waals surface area contributed by atoms with E-state index in [9.17, 15) is 0 Å². The summed E-state index contributed by atoms with van der Waals surface area (Å²) in [4.78, 5) is 0. The van der Waals surface area contributed by atoms with Crippen LogP contribution in [0.25, 0.3) is 93.6 Å². The third-order valence-corrected chi connectivity index (χ3v) is 10.9. The van der Waals surface area contributed by atoms with E-state index in [2.05, 4.69) is 190 Å². The first-order valence-corrected chi connectivity index (χ1v) is 17.8. The van der Waals surface area contributed by atoms with Gasteiger partial charge in [0.15, 0.2) is 0 Å². The fraction of sp³-hybridized carbons (Fsp3) is 0.0417. The molecule has 3 heteroatoms. The molecule has 0 unspecified atom stereocenters. The Hall–Kier alpha value is -6.58. The van der Waals surface area contributed by atoms with Crippen LogP contribution in [0.4, 0.5) is 0 Å². The first kappa shape index (κ1) is 28.3. The molecule has 3 aromatic heterocycles. The van der Waals surface area contributed by atoms with Gasteiger partial charge in [0.2, 0.25) is 0 Å². The Morgan fingerprint density at radius 3 is 1.51 bits per heavy atom. The lowest BCUT2D eigenvalue weighted by Crippen LogP contribution is -1.99. The third-order valence-electron chi connectivity index (χ3n) is 10.9. The molecule has 0 fully saturated rings. The molecule has 3 nitrogen and oxygen atoms in total. The largest absolute Gasteiger partial charge is 0.313 e. The summed E-state index contributed by atoms with van der Waals surface area (Å²) in [5.41, 5.74) is 13.5. The van der Waals surface area contributed by atoms with Crippen molar-refractivity contribution in [1.82, 2.24) is 13.7 Å². The van der Waals surface area contributed by atoms with Crippen LogP contribution >= 0.6 is 0 Å². The second-order valence-electron chi connectivity index (χ2n) is 13.7. The van der Waals surface area contributed by atoms with Crippen LogP contribution in [0.1, 0.15) is 12.8 Å². The van der Waals surface area contributed by atoms with E-state index in [-0.39, 0.29) is 0 Å². The van der Waals surface area contributed by atoms with Crippen molar-refractivity contribution in [1.29, 1.82) is 0 Å². The molecule has 51 heavy (non-hydrogen) atoms. The molecule has 1 aliphatic rings. The number of para-hydroxylation sites is 3. The monoisotopic (exact) mass is 651 g/mol. The molecule has 0 N–H and O–H groups in total. The van der Waals surface area contributed by atoms with Gasteiger partial charge >= 0.3 is 0 Å². The molecular formula is C48H33N3. The molecule has 1 aliphatic carbocycles. The van der Waals surface area contributed by atoms with Gasteiger partial charge in [-0.2, -0.15) is 0 Å². The Balaban J connectivity index is 1.16. The topological polar surface area (TPSA) is 14.8 Å². The van der Waals surface area contributed by atoms with Crippen LogP contribution in [0.15, 0.2) is 176 Å². The second kappa shape index (κ2) is 11.0. The van der Waals surface area contributed by atoms with Gasteiger partial charge in [-0.15, -0.1) is 0 Å². The lowest BCUT2D eigenvalue weighted by Gasteiger charge is -2.14. The summed E-state index contributed by atoms with van der Waals surface area (Å²) in [6.45, 7) is 0. The lowest BCUT2D eigenvalue weighted by atomic mass is 10.1. The average Bonchev–Trinajstić information content (AvgIpc) is 3.83. The van der Waals surface area contributed by atoms with Crippen molar-refractivity contribution >= 4 is 71.1 Å². The number of fused-ring (bicyclic) bond motifs is 9. The normalized spacial score (nSPS) is 13.4. The van der Waals surface area contributed by atoms with Crippen molar-refractivity contribution in [3.63, 3.8) is 0 Å². The van der Waals surface area contributed by atoms with Crippen molar-refractivity contribution in [2.45, 2.75) is 12.8 Å². The molecule has 0 radical (unpaired) electrons. The summed E-state index contributed by atoms with van der Waals surface area (Å²) in [5.74, 6) is 0. The predicted molar refractivity (Wildman–Crippen MR) is 216 cm³/mol. The number of allylic oxidation sites excluding steroid dienone is 4. The van der Waals surface area contributed by atoms with Crippen molar-refractivity contribution in [3.05, 3.63) is 176 Å². The van der Waals surface area contributed by atoms with Crippen LogP contribution in [-0.2, 0) is 0 Å². The SMILES string of the molecule is C1=CCCC(n2c3ccccc3c3cc4c5ccccc5n(-c5ccc6c(c5)c5ccccc5n6-c5ccc(-c6ccccc6)cc5)c4cc32)=C1. The highest BCUT2D eigenvalue weighted by atomic mass is 15.0. The molecule has 240 valence electrons. The zero-order valence-electron chi connectivity index (χ0n) is 28.0. The van der Waals surface area contributed by atoms with Gasteiger partial charge in [0.1, 0.15) is 0 Å². The van der Waals surface area contributed by atoms with E-state index in [1.54, 1.807) is 0 Å². The van der Waals surface area contributed by atoms with Crippen molar-refractivity contribution in [2.75, 3.05) is 0 Å². The van der Waals surface area contributed by atoms with Crippen LogP contribution in [0, 0.1) is 0 Å². The van der Waals surface area contributed by atoms with E-state index in [1.165, 1.54) is 82.2 Å². The standard InChI is InChI=1S/C48H33N3/c1-3-13-32(14-4-1)33-23-25-35(26-24-33)49-43-20-10-7-17-37(43)40-29-36(27-28-46(40)49)51-45-22-12-9-19-39(45)42-30-41-38-18-8-11-21-44(38)50(47(41)31-48(42)51)34-15-5-2-6-16-34/h1-5,7-15,17-31H,6,16H2. The van der Waals surface area contributed by atoms with E-state index in [0.717, 1.165) is 24.2 Å². The van der Waals surface area contributed by atoms with E-state index in [4.69, 9.17) is 0 Å². The van der Waals surface area contributed by atoms with Gasteiger partial charge in [-0.25, -0.2) is 0 Å². The molecule has 0 atom stereocenters. The molecule has 0 amide bonds. The maximum Gasteiger partial charge on any atom is 0.0562 e. The fourth-order valence-corrected chi connectivity index (χ4v) is 8.61. The Morgan fingerprint density at radius 1 is 0.353 bits per heavy atom. The van der Waals surface area contributed by atoms with Gasteiger partial charge in [-0.05, 0) is 90.7 Å². The summed E-state index contributed by atoms with van der Waals surface area (Å²) in [7, 11) is 0. The van der Waals surface area contributed by atoms with E-state index >= 15 is 0 Å². The first-order valence-electron chi connectivity index (χ1n) is 17.8. The maximum absolute atomic E-state index is 2.50. The van der Waals surface area contributed by atoms with Crippen LogP contribution in [0.5, 0.6) is 0 Å². The zero-order valence-corrected chi connectivity index (χ0v) is 28.0. The molecule has 0 spiro atoms. The molecule has 0 saturated heterocycles. The number of rotatable bonds is 4. The number of benzene rings is 7. The number of hydrogen-bond acceptors (Lipinski definition) is 0. The highest BCUT2D eigenvalue weighted by molar-refractivity contribution is 6.20. The van der Waals surface area contributed by atoms with Crippen molar-refractivity contribution < 1.29 is 0 Å². The second-order valence-corrected chi connectivity index (χ2v) is 13.7. The van der Waals surface area contributed by atoms with Gasteiger partial charge in [0, 0.05) is 49.4 Å². The Kier molecular flexibility index (Phi) is 6.08. The van der Waals surface area contributed by atoms with Gasteiger partial charge in [0.25, 0.3) is 0 Å². The minimum atomic E-state index is 1.03. The molecule has 3 heterocycles. The summed E-state index contributed by atoms with van der Waals surface area (Å²) in [6, 6.07) is 58.0. The Morgan fingerprint density at radius 2 is 0.863 bits per heavy atom. The highest BCUT2D eigenvalue weighted by Gasteiger charge is 2.20. The smallest absolute Gasteiger partial charge is 0.0562 e. The van der Waals surface area contributed by atoms with E-state index < -0.39 is 0 Å². The first-order chi connectivity index (χ1) is 25.3. The van der Waals surface area contributed by atoms with Gasteiger partial charge in [-0.1, -0.05) is 109 Å². The van der Waals surface area contributed by atoms with Gasteiger partial charge in [0.05, 0.1) is 33.1 Å². The van der Waals surface area contributed by atoms with Gasteiger partial charge in [-0.3, -0.25) is 0 Å². The number of hydrogen-bond donors (Lipinski definition) is 0. The lowest BCUT2D eigenvalue weighted by molar-refractivity contribution is 0.979. The third kappa shape index (κ3) is 4.18. The molecular weight excluding hydrogens is 619 g/mol. The maximum atomic E-state index is 2.50. The van der Waals surface area contributed by atoms with Crippen molar-refractivity contribution in [3.8, 4) is 22.5 Å². The summed E-state index contributed by atoms with van der Waals surface area (Å²) >= 11 is 0. The molecule has 0 aliphatic heterocycles. The zero-order chi connectivity index (χ0) is 33.5. The van der Waals surface area contributed by atoms with Crippen LogP contribution < -0.4 is 0 Å².